The molecule has 4 rings (SSSR count). The summed E-state index contributed by atoms with van der Waals surface area (Å²) in [5.74, 6) is -0.611. The molecular formula is C24H18N4O5S. The highest BCUT2D eigenvalue weighted by Gasteiger charge is 2.16. The van der Waals surface area contributed by atoms with Crippen molar-refractivity contribution in [2.75, 3.05) is 0 Å². The van der Waals surface area contributed by atoms with Gasteiger partial charge in [-0.15, -0.1) is 11.3 Å². The van der Waals surface area contributed by atoms with E-state index in [4.69, 9.17) is 0 Å². The first-order valence-corrected chi connectivity index (χ1v) is 11.0. The minimum atomic E-state index is -0.611. The molecule has 1 heterocycles. The molecule has 1 aromatic heterocycles. The number of nitro groups is 2. The molecule has 0 aliphatic carbocycles. The zero-order valence-electron chi connectivity index (χ0n) is 18.2. The van der Waals surface area contributed by atoms with E-state index in [2.05, 4.69) is 4.99 Å². The van der Waals surface area contributed by atoms with Crippen molar-refractivity contribution >= 4 is 28.6 Å². The maximum absolute atomic E-state index is 12.9. The van der Waals surface area contributed by atoms with Crippen LogP contribution in [-0.2, 0) is 0 Å². The van der Waals surface area contributed by atoms with E-state index in [1.807, 2.05) is 42.0 Å². The zero-order valence-corrected chi connectivity index (χ0v) is 19.0. The van der Waals surface area contributed by atoms with E-state index in [1.54, 1.807) is 12.1 Å². The predicted molar refractivity (Wildman–Crippen MR) is 128 cm³/mol. The van der Waals surface area contributed by atoms with Crippen LogP contribution in [0.2, 0.25) is 0 Å². The minimum Gasteiger partial charge on any atom is -0.285 e. The summed E-state index contributed by atoms with van der Waals surface area (Å²) in [5.41, 5.74) is 4.14. The summed E-state index contributed by atoms with van der Waals surface area (Å²) in [6, 6.07) is 17.3. The molecule has 3 aromatic carbocycles. The highest BCUT2D eigenvalue weighted by Crippen LogP contribution is 2.28. The van der Waals surface area contributed by atoms with E-state index in [0.717, 1.165) is 16.8 Å². The van der Waals surface area contributed by atoms with Crippen molar-refractivity contribution in [1.29, 1.82) is 0 Å². The highest BCUT2D eigenvalue weighted by atomic mass is 32.1. The van der Waals surface area contributed by atoms with Gasteiger partial charge in [-0.2, -0.15) is 4.99 Å². The third-order valence-electron chi connectivity index (χ3n) is 5.40. The molecule has 34 heavy (non-hydrogen) atoms. The molecule has 0 aliphatic heterocycles. The second-order valence-corrected chi connectivity index (χ2v) is 8.32. The molecule has 170 valence electrons. The van der Waals surface area contributed by atoms with E-state index >= 15 is 0 Å². The van der Waals surface area contributed by atoms with E-state index in [9.17, 15) is 25.0 Å². The molecule has 0 aliphatic rings. The topological polar surface area (TPSA) is 121 Å². The first-order chi connectivity index (χ1) is 16.3. The predicted octanol–water partition coefficient (Wildman–Crippen LogP) is 5.38. The second-order valence-electron chi connectivity index (χ2n) is 7.49. The number of hydrogen-bond acceptors (Lipinski definition) is 6. The molecule has 0 bridgehead atoms. The number of non-ortho nitro benzene ring substituents is 2. The lowest BCUT2D eigenvalue weighted by Gasteiger charge is -2.13. The number of aromatic nitrogens is 1. The SMILES string of the molecule is Cc1cccc(-n2c(-c3ccc([N+](=O)[O-])cc3)csc2=NC(=O)c2cccc([N+](=O)[O-])c2)c1C. The van der Waals surface area contributed by atoms with Crippen molar-refractivity contribution in [2.45, 2.75) is 13.8 Å². The summed E-state index contributed by atoms with van der Waals surface area (Å²) in [6.07, 6.45) is 0. The number of carbonyl (C=O) groups excluding carboxylic acids is 1. The maximum Gasteiger partial charge on any atom is 0.279 e. The van der Waals surface area contributed by atoms with Crippen LogP contribution in [0.15, 0.2) is 77.1 Å². The Kier molecular flexibility index (Phi) is 6.15. The van der Waals surface area contributed by atoms with E-state index in [0.29, 0.717) is 16.1 Å². The minimum absolute atomic E-state index is 0.0250. The van der Waals surface area contributed by atoms with Gasteiger partial charge in [0.05, 0.1) is 21.2 Å². The number of benzene rings is 3. The Morgan fingerprint density at radius 3 is 2.26 bits per heavy atom. The van der Waals surface area contributed by atoms with Crippen molar-refractivity contribution in [3.63, 3.8) is 0 Å². The molecule has 0 unspecified atom stereocenters. The Balaban J connectivity index is 1.91. The van der Waals surface area contributed by atoms with Gasteiger partial charge in [-0.05, 0) is 54.8 Å². The lowest BCUT2D eigenvalue weighted by molar-refractivity contribution is -0.385. The fourth-order valence-electron chi connectivity index (χ4n) is 3.46. The van der Waals surface area contributed by atoms with Crippen LogP contribution < -0.4 is 4.80 Å². The lowest BCUT2D eigenvalue weighted by Crippen LogP contribution is -2.17. The summed E-state index contributed by atoms with van der Waals surface area (Å²) in [6.45, 7) is 3.93. The summed E-state index contributed by atoms with van der Waals surface area (Å²) in [4.78, 5) is 38.7. The number of amides is 1. The lowest BCUT2D eigenvalue weighted by atomic mass is 10.1. The largest absolute Gasteiger partial charge is 0.285 e. The average Bonchev–Trinajstić information content (AvgIpc) is 3.24. The Morgan fingerprint density at radius 1 is 0.912 bits per heavy atom. The van der Waals surface area contributed by atoms with Crippen LogP contribution in [-0.4, -0.2) is 20.3 Å². The van der Waals surface area contributed by atoms with Crippen molar-refractivity contribution < 1.29 is 14.6 Å². The standard InChI is InChI=1S/C24H18N4O5S/c1-15-5-3-8-21(16(15)2)26-22(17-9-11-19(12-10-17)27(30)31)14-34-24(26)25-23(29)18-6-4-7-20(13-18)28(32)33/h3-14H,1-2H3. The molecule has 0 atom stereocenters. The number of nitrogens with zero attached hydrogens (tertiary/aromatic N) is 4. The maximum atomic E-state index is 12.9. The number of aryl methyl sites for hydroxylation is 1. The van der Waals surface area contributed by atoms with Crippen molar-refractivity contribution in [3.8, 4) is 16.9 Å². The van der Waals surface area contributed by atoms with Crippen LogP contribution in [0, 0.1) is 34.1 Å². The molecule has 4 aromatic rings. The fourth-order valence-corrected chi connectivity index (χ4v) is 4.36. The molecule has 0 spiro atoms. The Labute approximate surface area is 197 Å². The summed E-state index contributed by atoms with van der Waals surface area (Å²) >= 11 is 1.23. The molecule has 9 nitrogen and oxygen atoms in total. The molecule has 0 saturated carbocycles. The molecule has 0 N–H and O–H groups in total. The van der Waals surface area contributed by atoms with Crippen LogP contribution in [0.5, 0.6) is 0 Å². The first-order valence-electron chi connectivity index (χ1n) is 10.1. The molecule has 1 amide bonds. The van der Waals surface area contributed by atoms with E-state index in [1.165, 1.54) is 47.7 Å². The van der Waals surface area contributed by atoms with Gasteiger partial charge in [0, 0.05) is 35.2 Å². The van der Waals surface area contributed by atoms with Crippen molar-refractivity contribution in [3.05, 3.63) is 114 Å². The molecule has 10 heteroatoms. The summed E-state index contributed by atoms with van der Waals surface area (Å²) in [5, 5.41) is 24.0. The number of thiazole rings is 1. The summed E-state index contributed by atoms with van der Waals surface area (Å²) in [7, 11) is 0. The normalized spacial score (nSPS) is 11.4. The van der Waals surface area contributed by atoms with Gasteiger partial charge in [0.1, 0.15) is 0 Å². The number of carbonyl (C=O) groups is 1. The van der Waals surface area contributed by atoms with Crippen molar-refractivity contribution in [2.24, 2.45) is 4.99 Å². The van der Waals surface area contributed by atoms with Gasteiger partial charge in [0.2, 0.25) is 0 Å². The summed E-state index contributed by atoms with van der Waals surface area (Å²) < 4.78 is 1.82. The monoisotopic (exact) mass is 474 g/mol. The molecule has 0 fully saturated rings. The van der Waals surface area contributed by atoms with Gasteiger partial charge < -0.3 is 0 Å². The third kappa shape index (κ3) is 4.39. The van der Waals surface area contributed by atoms with Gasteiger partial charge >= 0.3 is 0 Å². The molecule has 0 saturated heterocycles. The van der Waals surface area contributed by atoms with Gasteiger partial charge in [-0.1, -0.05) is 18.2 Å². The quantitative estimate of drug-likeness (QED) is 0.284. The van der Waals surface area contributed by atoms with Gasteiger partial charge in [-0.3, -0.25) is 29.6 Å². The average molecular weight is 474 g/mol. The first kappa shape index (κ1) is 22.7. The van der Waals surface area contributed by atoms with Crippen LogP contribution in [0.4, 0.5) is 11.4 Å². The van der Waals surface area contributed by atoms with Crippen molar-refractivity contribution in [1.82, 2.24) is 4.57 Å². The van der Waals surface area contributed by atoms with Crippen LogP contribution in [0.1, 0.15) is 21.5 Å². The van der Waals surface area contributed by atoms with Gasteiger partial charge in [0.15, 0.2) is 4.80 Å². The Hall–Kier alpha value is -4.44. The number of hydrogen-bond donors (Lipinski definition) is 0. The van der Waals surface area contributed by atoms with Crippen LogP contribution >= 0.6 is 11.3 Å². The molecular weight excluding hydrogens is 456 g/mol. The van der Waals surface area contributed by atoms with E-state index < -0.39 is 15.8 Å². The van der Waals surface area contributed by atoms with Gasteiger partial charge in [-0.25, -0.2) is 0 Å². The van der Waals surface area contributed by atoms with E-state index in [-0.39, 0.29) is 16.9 Å². The number of rotatable bonds is 5. The highest BCUT2D eigenvalue weighted by molar-refractivity contribution is 7.07. The zero-order chi connectivity index (χ0) is 24.4. The fraction of sp³-hybridized carbons (Fsp3) is 0.0833. The van der Waals surface area contributed by atoms with Crippen LogP contribution in [0.3, 0.4) is 0 Å². The molecule has 0 radical (unpaired) electrons. The Morgan fingerprint density at radius 2 is 1.59 bits per heavy atom. The van der Waals surface area contributed by atoms with Gasteiger partial charge in [0.25, 0.3) is 17.3 Å². The smallest absolute Gasteiger partial charge is 0.279 e. The Bertz CT molecular complexity index is 1500. The third-order valence-corrected chi connectivity index (χ3v) is 6.23. The number of nitro benzene ring substituents is 2. The second kappa shape index (κ2) is 9.20. The van der Waals surface area contributed by atoms with Crippen LogP contribution in [0.25, 0.3) is 16.9 Å².